The Labute approximate surface area is 113 Å². The van der Waals surface area contributed by atoms with E-state index in [4.69, 9.17) is 5.73 Å². The van der Waals surface area contributed by atoms with Crippen LogP contribution >= 0.6 is 0 Å². The summed E-state index contributed by atoms with van der Waals surface area (Å²) in [5.74, 6) is -0.127. The molecule has 0 unspecified atom stereocenters. The molecule has 106 valence electrons. The van der Waals surface area contributed by atoms with Gasteiger partial charge in [-0.05, 0) is 45.8 Å². The molecule has 1 amide bonds. The van der Waals surface area contributed by atoms with E-state index in [-0.39, 0.29) is 5.91 Å². The fourth-order valence-corrected chi connectivity index (χ4v) is 2.48. The zero-order valence-corrected chi connectivity index (χ0v) is 11.6. The molecule has 0 saturated carbocycles. The van der Waals surface area contributed by atoms with Gasteiger partial charge in [-0.3, -0.25) is 9.48 Å². The lowest BCUT2D eigenvalue weighted by atomic mass is 10.3. The van der Waals surface area contributed by atoms with Crippen molar-refractivity contribution in [3.05, 3.63) is 11.9 Å². The molecule has 0 aliphatic carbocycles. The highest BCUT2D eigenvalue weighted by molar-refractivity contribution is 5.97. The van der Waals surface area contributed by atoms with Crippen molar-refractivity contribution in [2.24, 2.45) is 0 Å². The van der Waals surface area contributed by atoms with E-state index >= 15 is 0 Å². The minimum atomic E-state index is -0.127. The minimum absolute atomic E-state index is 0.127. The summed E-state index contributed by atoms with van der Waals surface area (Å²) in [7, 11) is 0. The zero-order valence-electron chi connectivity index (χ0n) is 11.6. The Kier molecular flexibility index (Phi) is 4.79. The summed E-state index contributed by atoms with van der Waals surface area (Å²) in [6, 6.07) is 0. The minimum Gasteiger partial charge on any atom is -0.396 e. The van der Waals surface area contributed by atoms with Crippen LogP contribution in [0.25, 0.3) is 0 Å². The highest BCUT2D eigenvalue weighted by Gasteiger charge is 2.16. The van der Waals surface area contributed by atoms with Crippen molar-refractivity contribution in [1.82, 2.24) is 20.0 Å². The van der Waals surface area contributed by atoms with Crippen molar-refractivity contribution >= 4 is 11.6 Å². The normalized spacial score (nSPS) is 15.8. The Morgan fingerprint density at radius 2 is 2.21 bits per heavy atom. The molecule has 0 atom stereocenters. The molecule has 1 aromatic rings. The number of amides is 1. The van der Waals surface area contributed by atoms with Crippen LogP contribution in [0.5, 0.6) is 0 Å². The molecule has 3 N–H and O–H groups in total. The second-order valence-electron chi connectivity index (χ2n) is 4.92. The maximum absolute atomic E-state index is 12.0. The van der Waals surface area contributed by atoms with Crippen molar-refractivity contribution in [3.63, 3.8) is 0 Å². The predicted molar refractivity (Wildman–Crippen MR) is 74.9 cm³/mol. The average Bonchev–Trinajstić information content (AvgIpc) is 3.03. The van der Waals surface area contributed by atoms with Gasteiger partial charge in [-0.1, -0.05) is 0 Å². The van der Waals surface area contributed by atoms with Crippen molar-refractivity contribution in [2.45, 2.75) is 32.7 Å². The quantitative estimate of drug-likeness (QED) is 0.742. The van der Waals surface area contributed by atoms with Gasteiger partial charge in [0, 0.05) is 13.1 Å². The number of anilines is 1. The number of nitrogens with one attached hydrogen (secondary N) is 1. The number of carbonyl (C=O) groups is 1. The number of aryl methyl sites for hydroxylation is 1. The molecule has 1 fully saturated rings. The predicted octanol–water partition coefficient (Wildman–Crippen LogP) is 0.701. The third-order valence-corrected chi connectivity index (χ3v) is 3.52. The first-order valence-corrected chi connectivity index (χ1v) is 7.04. The SMILES string of the molecule is CCn1ncc(N)c1C(=O)NCCCN1CCCC1. The summed E-state index contributed by atoms with van der Waals surface area (Å²) >= 11 is 0. The lowest BCUT2D eigenvalue weighted by Crippen LogP contribution is -2.30. The van der Waals surface area contributed by atoms with Gasteiger partial charge in [0.25, 0.3) is 5.91 Å². The monoisotopic (exact) mass is 265 g/mol. The van der Waals surface area contributed by atoms with E-state index in [2.05, 4.69) is 15.3 Å². The van der Waals surface area contributed by atoms with Crippen LogP contribution in [-0.4, -0.2) is 46.8 Å². The number of aromatic nitrogens is 2. The van der Waals surface area contributed by atoms with Crippen LogP contribution in [0.3, 0.4) is 0 Å². The lowest BCUT2D eigenvalue weighted by molar-refractivity contribution is 0.0942. The summed E-state index contributed by atoms with van der Waals surface area (Å²) in [6.07, 6.45) is 5.12. The van der Waals surface area contributed by atoms with E-state index in [1.165, 1.54) is 32.1 Å². The highest BCUT2D eigenvalue weighted by Crippen LogP contribution is 2.10. The van der Waals surface area contributed by atoms with Crippen molar-refractivity contribution in [1.29, 1.82) is 0 Å². The summed E-state index contributed by atoms with van der Waals surface area (Å²) < 4.78 is 1.63. The Hall–Kier alpha value is -1.56. The van der Waals surface area contributed by atoms with E-state index < -0.39 is 0 Å². The van der Waals surface area contributed by atoms with E-state index in [1.807, 2.05) is 6.92 Å². The molecular formula is C13H23N5O. The third-order valence-electron chi connectivity index (χ3n) is 3.52. The van der Waals surface area contributed by atoms with E-state index in [1.54, 1.807) is 4.68 Å². The Balaban J connectivity index is 1.75. The van der Waals surface area contributed by atoms with Crippen LogP contribution in [-0.2, 0) is 6.54 Å². The molecule has 1 saturated heterocycles. The van der Waals surface area contributed by atoms with Crippen LogP contribution < -0.4 is 11.1 Å². The maximum atomic E-state index is 12.0. The van der Waals surface area contributed by atoms with Gasteiger partial charge in [0.05, 0.1) is 11.9 Å². The smallest absolute Gasteiger partial charge is 0.271 e. The fourth-order valence-electron chi connectivity index (χ4n) is 2.48. The molecule has 0 bridgehead atoms. The van der Waals surface area contributed by atoms with E-state index in [0.29, 0.717) is 24.5 Å². The molecule has 0 spiro atoms. The molecule has 1 aromatic heterocycles. The molecule has 1 aliphatic rings. The average molecular weight is 265 g/mol. The van der Waals surface area contributed by atoms with Gasteiger partial charge in [-0.25, -0.2) is 0 Å². The summed E-state index contributed by atoms with van der Waals surface area (Å²) in [5.41, 5.74) is 6.69. The number of nitrogens with two attached hydrogens (primary N) is 1. The highest BCUT2D eigenvalue weighted by atomic mass is 16.2. The van der Waals surface area contributed by atoms with Crippen LogP contribution in [0.1, 0.15) is 36.7 Å². The molecule has 2 heterocycles. The zero-order chi connectivity index (χ0) is 13.7. The number of likely N-dealkylation sites (tertiary alicyclic amines) is 1. The van der Waals surface area contributed by atoms with E-state index in [0.717, 1.165) is 13.0 Å². The Morgan fingerprint density at radius 3 is 2.89 bits per heavy atom. The topological polar surface area (TPSA) is 76.2 Å². The van der Waals surface area contributed by atoms with Gasteiger partial charge in [0.15, 0.2) is 0 Å². The maximum Gasteiger partial charge on any atom is 0.271 e. The summed E-state index contributed by atoms with van der Waals surface area (Å²) in [6.45, 7) is 6.73. The number of hydrogen-bond acceptors (Lipinski definition) is 4. The van der Waals surface area contributed by atoms with Crippen LogP contribution in [0.15, 0.2) is 6.20 Å². The van der Waals surface area contributed by atoms with Crippen LogP contribution in [0.2, 0.25) is 0 Å². The van der Waals surface area contributed by atoms with Gasteiger partial charge in [0.2, 0.25) is 0 Å². The molecule has 6 nitrogen and oxygen atoms in total. The first-order chi connectivity index (χ1) is 9.22. The summed E-state index contributed by atoms with van der Waals surface area (Å²) in [5, 5.41) is 6.99. The van der Waals surface area contributed by atoms with Crippen molar-refractivity contribution in [3.8, 4) is 0 Å². The van der Waals surface area contributed by atoms with E-state index in [9.17, 15) is 4.79 Å². The largest absolute Gasteiger partial charge is 0.396 e. The third kappa shape index (κ3) is 3.47. The van der Waals surface area contributed by atoms with Crippen molar-refractivity contribution in [2.75, 3.05) is 31.9 Å². The number of carbonyl (C=O) groups excluding carboxylic acids is 1. The molecule has 2 rings (SSSR count). The van der Waals surface area contributed by atoms with Gasteiger partial charge in [-0.2, -0.15) is 5.10 Å². The molecule has 0 aromatic carbocycles. The molecule has 19 heavy (non-hydrogen) atoms. The van der Waals surface area contributed by atoms with Crippen LogP contribution in [0.4, 0.5) is 5.69 Å². The first-order valence-electron chi connectivity index (χ1n) is 7.04. The van der Waals surface area contributed by atoms with Gasteiger partial charge >= 0.3 is 0 Å². The van der Waals surface area contributed by atoms with Gasteiger partial charge in [0.1, 0.15) is 5.69 Å². The lowest BCUT2D eigenvalue weighted by Gasteiger charge is -2.14. The van der Waals surface area contributed by atoms with Gasteiger partial charge in [-0.15, -0.1) is 0 Å². The fraction of sp³-hybridized carbons (Fsp3) is 0.692. The number of rotatable bonds is 6. The van der Waals surface area contributed by atoms with Crippen molar-refractivity contribution < 1.29 is 4.79 Å². The molecule has 6 heteroatoms. The number of nitrogens with zero attached hydrogens (tertiary/aromatic N) is 3. The first kappa shape index (κ1) is 13.9. The molecular weight excluding hydrogens is 242 g/mol. The van der Waals surface area contributed by atoms with Gasteiger partial charge < -0.3 is 16.0 Å². The summed E-state index contributed by atoms with van der Waals surface area (Å²) in [4.78, 5) is 14.5. The van der Waals surface area contributed by atoms with Crippen LogP contribution in [0, 0.1) is 0 Å². The second kappa shape index (κ2) is 6.56. The molecule has 0 radical (unpaired) electrons. The number of hydrogen-bond donors (Lipinski definition) is 2. The number of nitrogen functional groups attached to an aromatic ring is 1. The Morgan fingerprint density at radius 1 is 1.47 bits per heavy atom. The second-order valence-corrected chi connectivity index (χ2v) is 4.92. The Bertz CT molecular complexity index is 423. The standard InChI is InChI=1S/C13H23N5O/c1-2-18-12(11(14)10-16-18)13(19)15-6-5-9-17-7-3-4-8-17/h10H,2-9,14H2,1H3,(H,15,19). The molecule has 1 aliphatic heterocycles.